The third-order valence-corrected chi connectivity index (χ3v) is 5.63. The fourth-order valence-electron chi connectivity index (χ4n) is 3.77. The van der Waals surface area contributed by atoms with Gasteiger partial charge in [-0.3, -0.25) is 0 Å². The fourth-order valence-corrected chi connectivity index (χ4v) is 3.77. The molecule has 0 fully saturated rings. The Kier molecular flexibility index (Phi) is 7.19. The number of hydrogen-bond donors (Lipinski definition) is 0. The van der Waals surface area contributed by atoms with Crippen molar-refractivity contribution in [2.45, 2.75) is 32.6 Å². The van der Waals surface area contributed by atoms with Crippen LogP contribution in [-0.2, 0) is 26.2 Å². The fraction of sp³-hybridized carbons (Fsp3) is 0.172. The second kappa shape index (κ2) is 11.2. The van der Waals surface area contributed by atoms with Gasteiger partial charge in [-0.05, 0) is 60.4 Å². The molecule has 0 saturated carbocycles. The number of nitrogens with zero attached hydrogens (tertiary/aromatic N) is 3. The van der Waals surface area contributed by atoms with E-state index < -0.39 is 0 Å². The summed E-state index contributed by atoms with van der Waals surface area (Å²) in [6.45, 7) is 1.83. The molecule has 0 aliphatic carbocycles. The average Bonchev–Trinajstić information content (AvgIpc) is 3.60. The van der Waals surface area contributed by atoms with Crippen molar-refractivity contribution in [3.05, 3.63) is 121 Å². The van der Waals surface area contributed by atoms with E-state index in [9.17, 15) is 0 Å². The van der Waals surface area contributed by atoms with E-state index in [0.717, 1.165) is 47.7 Å². The highest BCUT2D eigenvalue weighted by atomic mass is 16.5. The van der Waals surface area contributed by atoms with E-state index in [1.54, 1.807) is 12.5 Å². The molecule has 5 aromatic rings. The summed E-state index contributed by atoms with van der Waals surface area (Å²) in [6.07, 6.45) is 9.31. The van der Waals surface area contributed by atoms with Crippen molar-refractivity contribution in [2.75, 3.05) is 0 Å². The van der Waals surface area contributed by atoms with Crippen molar-refractivity contribution in [1.82, 2.24) is 14.5 Å². The third kappa shape index (κ3) is 6.38. The van der Waals surface area contributed by atoms with Gasteiger partial charge < -0.3 is 18.5 Å². The highest BCUT2D eigenvalue weighted by Gasteiger charge is 2.08. The number of benzene rings is 3. The normalized spacial score (nSPS) is 10.9. The zero-order valence-corrected chi connectivity index (χ0v) is 19.4. The second-order valence-corrected chi connectivity index (χ2v) is 8.28. The predicted molar refractivity (Wildman–Crippen MR) is 134 cm³/mol. The van der Waals surface area contributed by atoms with Gasteiger partial charge in [0.2, 0.25) is 5.89 Å². The van der Waals surface area contributed by atoms with Crippen molar-refractivity contribution in [1.29, 1.82) is 0 Å². The van der Waals surface area contributed by atoms with Crippen LogP contribution in [0.4, 0.5) is 0 Å². The molecule has 0 spiro atoms. The quantitative estimate of drug-likeness (QED) is 0.228. The molecule has 176 valence electrons. The van der Waals surface area contributed by atoms with E-state index >= 15 is 0 Å². The molecule has 0 amide bonds. The van der Waals surface area contributed by atoms with Gasteiger partial charge in [-0.1, -0.05) is 42.5 Å². The highest BCUT2D eigenvalue weighted by molar-refractivity contribution is 5.54. The van der Waals surface area contributed by atoms with E-state index in [-0.39, 0.29) is 0 Å². The Balaban J connectivity index is 1.12. The highest BCUT2D eigenvalue weighted by Crippen LogP contribution is 2.23. The summed E-state index contributed by atoms with van der Waals surface area (Å²) in [6, 6.07) is 26.1. The molecular weight excluding hydrogens is 438 g/mol. The molecule has 5 rings (SSSR count). The maximum absolute atomic E-state index is 5.97. The molecule has 0 atom stereocenters. The molecular formula is C29H27N3O3. The lowest BCUT2D eigenvalue weighted by atomic mass is 10.1. The van der Waals surface area contributed by atoms with E-state index in [1.807, 2.05) is 79.3 Å². The van der Waals surface area contributed by atoms with Crippen molar-refractivity contribution in [3.63, 3.8) is 0 Å². The molecule has 0 aliphatic rings. The maximum atomic E-state index is 5.97. The summed E-state index contributed by atoms with van der Waals surface area (Å²) in [5.74, 6) is 2.19. The first kappa shape index (κ1) is 22.5. The first-order valence-corrected chi connectivity index (χ1v) is 11.7. The van der Waals surface area contributed by atoms with E-state index in [4.69, 9.17) is 13.9 Å². The second-order valence-electron chi connectivity index (χ2n) is 8.28. The molecule has 0 N–H and O–H groups in total. The summed E-state index contributed by atoms with van der Waals surface area (Å²) in [5.41, 5.74) is 4.02. The first-order chi connectivity index (χ1) is 17.3. The topological polar surface area (TPSA) is 62.3 Å². The Morgan fingerprint density at radius 3 is 2.46 bits per heavy atom. The van der Waals surface area contributed by atoms with Crippen LogP contribution in [0.2, 0.25) is 0 Å². The van der Waals surface area contributed by atoms with Crippen LogP contribution in [0.5, 0.6) is 11.5 Å². The number of aromatic nitrogens is 3. The Labute approximate surface area is 204 Å². The van der Waals surface area contributed by atoms with Gasteiger partial charge in [0.15, 0.2) is 0 Å². The van der Waals surface area contributed by atoms with Crippen molar-refractivity contribution < 1.29 is 13.9 Å². The smallest absolute Gasteiger partial charge is 0.226 e. The van der Waals surface area contributed by atoms with Crippen LogP contribution in [0.1, 0.15) is 23.2 Å². The van der Waals surface area contributed by atoms with Gasteiger partial charge in [-0.15, -0.1) is 0 Å². The van der Waals surface area contributed by atoms with Crippen LogP contribution >= 0.6 is 0 Å². The van der Waals surface area contributed by atoms with Gasteiger partial charge in [0, 0.05) is 24.5 Å². The molecule has 35 heavy (non-hydrogen) atoms. The number of oxazole rings is 1. The number of ether oxygens (including phenoxy) is 2. The molecule has 0 saturated heterocycles. The molecule has 2 heterocycles. The van der Waals surface area contributed by atoms with Crippen LogP contribution in [0.15, 0.2) is 108 Å². The molecule has 6 nitrogen and oxygen atoms in total. The van der Waals surface area contributed by atoms with Crippen LogP contribution in [0, 0.1) is 0 Å². The third-order valence-electron chi connectivity index (χ3n) is 5.63. The molecule has 2 aromatic heterocycles. The molecule has 6 heteroatoms. The molecule has 0 bridgehead atoms. The Hall–Kier alpha value is -4.32. The molecule has 0 unspecified atom stereocenters. The number of hydrogen-bond acceptors (Lipinski definition) is 5. The number of imidazole rings is 1. The van der Waals surface area contributed by atoms with Crippen molar-refractivity contribution >= 4 is 0 Å². The van der Waals surface area contributed by atoms with Crippen LogP contribution in [0.25, 0.3) is 11.5 Å². The number of rotatable bonds is 11. The SMILES string of the molecule is c1ccc(COc2ccc(-c3nc(COc4cccc(CCCn5ccnc5)c4)co3)cc2)cc1. The van der Waals surface area contributed by atoms with Gasteiger partial charge in [0.25, 0.3) is 0 Å². The van der Waals surface area contributed by atoms with Crippen LogP contribution in [0.3, 0.4) is 0 Å². The summed E-state index contributed by atoms with van der Waals surface area (Å²) in [7, 11) is 0. The first-order valence-electron chi connectivity index (χ1n) is 11.7. The van der Waals surface area contributed by atoms with Gasteiger partial charge in [0.05, 0.1) is 6.33 Å². The van der Waals surface area contributed by atoms with Gasteiger partial charge in [-0.2, -0.15) is 0 Å². The molecule has 0 radical (unpaired) electrons. The lowest BCUT2D eigenvalue weighted by molar-refractivity contribution is 0.300. The largest absolute Gasteiger partial charge is 0.489 e. The van der Waals surface area contributed by atoms with Crippen LogP contribution in [-0.4, -0.2) is 14.5 Å². The maximum Gasteiger partial charge on any atom is 0.226 e. The van der Waals surface area contributed by atoms with Crippen LogP contribution < -0.4 is 9.47 Å². The summed E-state index contributed by atoms with van der Waals surface area (Å²) >= 11 is 0. The Morgan fingerprint density at radius 2 is 1.63 bits per heavy atom. The van der Waals surface area contributed by atoms with E-state index in [2.05, 4.69) is 26.7 Å². The molecule has 0 aliphatic heterocycles. The average molecular weight is 466 g/mol. The standard InChI is InChI=1S/C29H27N3O3/c1-2-6-24(7-3-1)19-33-27-13-11-25(12-14-27)29-31-26(21-35-29)20-34-28-10-4-8-23(18-28)9-5-16-32-17-15-30-22-32/h1-4,6-8,10-15,17-18,21-22H,5,9,16,19-20H2. The summed E-state index contributed by atoms with van der Waals surface area (Å²) in [4.78, 5) is 8.66. The van der Waals surface area contributed by atoms with Gasteiger partial charge in [0.1, 0.15) is 36.7 Å². The monoisotopic (exact) mass is 465 g/mol. The number of aryl methyl sites for hydroxylation is 2. The van der Waals surface area contributed by atoms with Gasteiger partial charge >= 0.3 is 0 Å². The minimum atomic E-state index is 0.347. The summed E-state index contributed by atoms with van der Waals surface area (Å²) < 4.78 is 19.6. The lowest BCUT2D eigenvalue weighted by Crippen LogP contribution is -1.98. The lowest BCUT2D eigenvalue weighted by Gasteiger charge is -2.07. The van der Waals surface area contributed by atoms with Crippen molar-refractivity contribution in [2.24, 2.45) is 0 Å². The van der Waals surface area contributed by atoms with Crippen molar-refractivity contribution in [3.8, 4) is 23.0 Å². The minimum Gasteiger partial charge on any atom is -0.489 e. The van der Waals surface area contributed by atoms with Gasteiger partial charge in [-0.25, -0.2) is 9.97 Å². The zero-order chi connectivity index (χ0) is 23.7. The Bertz CT molecular complexity index is 1310. The zero-order valence-electron chi connectivity index (χ0n) is 19.4. The predicted octanol–water partition coefficient (Wildman–Crippen LogP) is 6.33. The van der Waals surface area contributed by atoms with E-state index in [1.165, 1.54) is 5.56 Å². The van der Waals surface area contributed by atoms with E-state index in [0.29, 0.717) is 19.1 Å². The summed E-state index contributed by atoms with van der Waals surface area (Å²) in [5, 5.41) is 0. The molecule has 3 aromatic carbocycles. The Morgan fingerprint density at radius 1 is 0.800 bits per heavy atom. The minimum absolute atomic E-state index is 0.347.